The third kappa shape index (κ3) is 12.8. The first-order valence-corrected chi connectivity index (χ1v) is 11.8. The van der Waals surface area contributed by atoms with Crippen molar-refractivity contribution in [2.45, 2.75) is 78.1 Å². The highest BCUT2D eigenvalue weighted by Crippen LogP contribution is 2.13. The maximum atomic E-state index is 12.4. The number of rotatable bonds is 17. The van der Waals surface area contributed by atoms with Crippen LogP contribution in [0.3, 0.4) is 0 Å². The standard InChI is InChI=1S/C25H44N2O2.HI/c1-5-7-9-11-13-20-27(3,21-14-12-10-8-6-2)22-19-26-25(28)23-15-17-24(29-4)18-16-23;/h15-18H,5-14,19-22H2,1-4H3;1H. The van der Waals surface area contributed by atoms with Gasteiger partial charge < -0.3 is 38.5 Å². The first kappa shape index (κ1) is 29.2. The average molecular weight is 533 g/mol. The third-order valence-electron chi connectivity index (χ3n) is 5.89. The number of hydrogen-bond donors (Lipinski definition) is 1. The van der Waals surface area contributed by atoms with Crippen molar-refractivity contribution in [3.05, 3.63) is 29.8 Å². The van der Waals surface area contributed by atoms with Crippen molar-refractivity contribution in [2.24, 2.45) is 0 Å². The van der Waals surface area contributed by atoms with Crippen LogP contribution < -0.4 is 34.0 Å². The molecule has 0 saturated heterocycles. The number of likely N-dealkylation sites (N-methyl/N-ethyl adjacent to an activating group) is 1. The summed E-state index contributed by atoms with van der Waals surface area (Å²) in [7, 11) is 4.01. The fourth-order valence-corrected chi connectivity index (χ4v) is 3.81. The van der Waals surface area contributed by atoms with E-state index >= 15 is 0 Å². The Kier molecular flexibility index (Phi) is 17.3. The molecule has 174 valence electrons. The lowest BCUT2D eigenvalue weighted by Gasteiger charge is -2.35. The summed E-state index contributed by atoms with van der Waals surface area (Å²) in [5, 5.41) is 3.12. The fraction of sp³-hybridized carbons (Fsp3) is 0.720. The molecule has 30 heavy (non-hydrogen) atoms. The molecule has 1 amide bonds. The molecule has 0 bridgehead atoms. The van der Waals surface area contributed by atoms with Gasteiger partial charge in [0.2, 0.25) is 0 Å². The van der Waals surface area contributed by atoms with Gasteiger partial charge in [0.05, 0.1) is 40.3 Å². The summed E-state index contributed by atoms with van der Waals surface area (Å²) in [5.41, 5.74) is 0.694. The smallest absolute Gasteiger partial charge is 0.251 e. The minimum Gasteiger partial charge on any atom is -1.00 e. The summed E-state index contributed by atoms with van der Waals surface area (Å²) in [6, 6.07) is 7.32. The van der Waals surface area contributed by atoms with Crippen molar-refractivity contribution < 1.29 is 38.0 Å². The summed E-state index contributed by atoms with van der Waals surface area (Å²) < 4.78 is 6.24. The van der Waals surface area contributed by atoms with E-state index in [-0.39, 0.29) is 29.9 Å². The van der Waals surface area contributed by atoms with Gasteiger partial charge in [0.25, 0.3) is 5.91 Å². The normalized spacial score (nSPS) is 11.1. The summed E-state index contributed by atoms with van der Waals surface area (Å²) >= 11 is 0. The van der Waals surface area contributed by atoms with Gasteiger partial charge in [-0.25, -0.2) is 0 Å². The average Bonchev–Trinajstić information content (AvgIpc) is 2.73. The maximum Gasteiger partial charge on any atom is 0.251 e. The molecule has 0 unspecified atom stereocenters. The fourth-order valence-electron chi connectivity index (χ4n) is 3.81. The summed E-state index contributed by atoms with van der Waals surface area (Å²) in [6.45, 7) is 8.70. The number of amides is 1. The first-order valence-electron chi connectivity index (χ1n) is 11.8. The lowest BCUT2D eigenvalue weighted by atomic mass is 10.1. The number of unbranched alkanes of at least 4 members (excludes halogenated alkanes) is 8. The molecule has 5 heteroatoms. The van der Waals surface area contributed by atoms with E-state index in [4.69, 9.17) is 4.74 Å². The highest BCUT2D eigenvalue weighted by molar-refractivity contribution is 5.94. The van der Waals surface area contributed by atoms with E-state index in [1.54, 1.807) is 7.11 Å². The van der Waals surface area contributed by atoms with Gasteiger partial charge in [-0.2, -0.15) is 0 Å². The number of methoxy groups -OCH3 is 1. The summed E-state index contributed by atoms with van der Waals surface area (Å²) in [5.74, 6) is 0.780. The molecule has 0 spiro atoms. The summed E-state index contributed by atoms with van der Waals surface area (Å²) in [4.78, 5) is 12.4. The number of carbonyl (C=O) groups is 1. The van der Waals surface area contributed by atoms with E-state index in [0.717, 1.165) is 23.3 Å². The third-order valence-corrected chi connectivity index (χ3v) is 5.89. The molecular formula is C25H45IN2O2. The van der Waals surface area contributed by atoms with E-state index in [2.05, 4.69) is 26.2 Å². The monoisotopic (exact) mass is 532 g/mol. The largest absolute Gasteiger partial charge is 1.00 e. The van der Waals surface area contributed by atoms with Crippen molar-refractivity contribution in [1.29, 1.82) is 0 Å². The molecule has 1 aromatic rings. The highest BCUT2D eigenvalue weighted by atomic mass is 127. The van der Waals surface area contributed by atoms with E-state index < -0.39 is 0 Å². The van der Waals surface area contributed by atoms with E-state index in [1.165, 1.54) is 77.3 Å². The number of nitrogens with one attached hydrogen (secondary N) is 1. The predicted octanol–water partition coefficient (Wildman–Crippen LogP) is 2.82. The minimum atomic E-state index is 0. The van der Waals surface area contributed by atoms with Crippen LogP contribution in [0, 0.1) is 0 Å². The number of hydrogen-bond acceptors (Lipinski definition) is 2. The Morgan fingerprint density at radius 2 is 1.33 bits per heavy atom. The molecule has 0 atom stereocenters. The Hall–Kier alpha value is -0.820. The van der Waals surface area contributed by atoms with Crippen LogP contribution in [0.15, 0.2) is 24.3 Å². The Labute approximate surface area is 202 Å². The van der Waals surface area contributed by atoms with Crippen LogP contribution in [0.25, 0.3) is 0 Å². The van der Waals surface area contributed by atoms with Crippen molar-refractivity contribution in [3.63, 3.8) is 0 Å². The molecule has 1 N–H and O–H groups in total. The number of ether oxygens (including phenoxy) is 1. The Bertz CT molecular complexity index is 535. The van der Waals surface area contributed by atoms with Crippen LogP contribution in [-0.2, 0) is 0 Å². The molecule has 0 aromatic heterocycles. The van der Waals surface area contributed by atoms with Crippen molar-refractivity contribution in [2.75, 3.05) is 40.3 Å². The molecule has 0 aliphatic heterocycles. The van der Waals surface area contributed by atoms with Crippen molar-refractivity contribution in [3.8, 4) is 5.75 Å². The second-order valence-electron chi connectivity index (χ2n) is 8.60. The number of nitrogens with zero attached hydrogens (tertiary/aromatic N) is 1. The number of halogens is 1. The first-order chi connectivity index (χ1) is 14.0. The van der Waals surface area contributed by atoms with Gasteiger partial charge in [0.15, 0.2) is 0 Å². The van der Waals surface area contributed by atoms with Gasteiger partial charge >= 0.3 is 0 Å². The second kappa shape index (κ2) is 17.8. The number of quaternary nitrogens is 1. The van der Waals surface area contributed by atoms with Gasteiger partial charge in [-0.1, -0.05) is 52.4 Å². The lowest BCUT2D eigenvalue weighted by molar-refractivity contribution is -0.908. The zero-order valence-electron chi connectivity index (χ0n) is 19.9. The van der Waals surface area contributed by atoms with Crippen LogP contribution in [0.5, 0.6) is 5.75 Å². The summed E-state index contributed by atoms with van der Waals surface area (Å²) in [6.07, 6.45) is 13.2. The number of benzene rings is 1. The topological polar surface area (TPSA) is 38.3 Å². The van der Waals surface area contributed by atoms with E-state index in [0.29, 0.717) is 5.56 Å². The maximum absolute atomic E-state index is 12.4. The van der Waals surface area contributed by atoms with Gasteiger partial charge in [-0.3, -0.25) is 4.79 Å². The molecule has 0 aliphatic carbocycles. The molecule has 0 aliphatic rings. The SMILES string of the molecule is CCCCCCC[N+](C)(CCCCCCC)CCNC(=O)c1ccc(OC)cc1.[I-]. The molecule has 1 aromatic carbocycles. The Balaban J connectivity index is 0.00000841. The van der Waals surface area contributed by atoms with Crippen LogP contribution in [0.1, 0.15) is 88.4 Å². The van der Waals surface area contributed by atoms with Crippen LogP contribution in [-0.4, -0.2) is 50.7 Å². The van der Waals surface area contributed by atoms with Crippen LogP contribution >= 0.6 is 0 Å². The molecule has 0 saturated carbocycles. The molecule has 4 nitrogen and oxygen atoms in total. The van der Waals surface area contributed by atoms with Gasteiger partial charge in [-0.15, -0.1) is 0 Å². The van der Waals surface area contributed by atoms with Gasteiger partial charge in [0.1, 0.15) is 5.75 Å². The van der Waals surface area contributed by atoms with Gasteiger partial charge in [0, 0.05) is 5.56 Å². The van der Waals surface area contributed by atoms with Crippen LogP contribution in [0.2, 0.25) is 0 Å². The molecular weight excluding hydrogens is 487 g/mol. The Morgan fingerprint density at radius 1 is 0.833 bits per heavy atom. The van der Waals surface area contributed by atoms with Gasteiger partial charge in [-0.05, 0) is 49.9 Å². The van der Waals surface area contributed by atoms with Crippen LogP contribution in [0.4, 0.5) is 0 Å². The zero-order chi connectivity index (χ0) is 21.4. The molecule has 0 fully saturated rings. The zero-order valence-corrected chi connectivity index (χ0v) is 22.0. The quantitative estimate of drug-likeness (QED) is 0.191. The van der Waals surface area contributed by atoms with E-state index in [1.807, 2.05) is 24.3 Å². The molecule has 0 heterocycles. The highest BCUT2D eigenvalue weighted by Gasteiger charge is 2.21. The minimum absolute atomic E-state index is 0. The van der Waals surface area contributed by atoms with Crippen molar-refractivity contribution >= 4 is 5.91 Å². The predicted molar refractivity (Wildman–Crippen MR) is 124 cm³/mol. The van der Waals surface area contributed by atoms with Crippen molar-refractivity contribution in [1.82, 2.24) is 5.32 Å². The lowest BCUT2D eigenvalue weighted by Crippen LogP contribution is -3.00. The Morgan fingerprint density at radius 3 is 1.80 bits per heavy atom. The van der Waals surface area contributed by atoms with E-state index in [9.17, 15) is 4.79 Å². The second-order valence-corrected chi connectivity index (χ2v) is 8.60. The molecule has 0 radical (unpaired) electrons. The number of carbonyl (C=O) groups excluding carboxylic acids is 1. The molecule has 1 rings (SSSR count).